The molecule has 0 fully saturated rings. The van der Waals surface area contributed by atoms with Gasteiger partial charge in [0.1, 0.15) is 23.6 Å². The largest absolute Gasteiger partial charge is 0.508 e. The lowest BCUT2D eigenvalue weighted by molar-refractivity contribution is -0.140. The lowest BCUT2D eigenvalue weighted by Crippen LogP contribution is -2.54. The van der Waals surface area contributed by atoms with Gasteiger partial charge >= 0.3 is 24.0 Å². The van der Waals surface area contributed by atoms with E-state index in [1.165, 1.54) is 72.8 Å². The van der Waals surface area contributed by atoms with E-state index in [4.69, 9.17) is 0 Å². The SMILES string of the molecule is O=C(O)C(Cc1ccc(O)cc1)NC(=O)N1C(=O)c2ccc3c4ccc5c6c(ccc(c7ccc(c2c37)C1=O)c64)C(=O)N(C(=O)NC(Cc1ccc(O)cc1)C(=O)O)C5=O. The number of carboxylic acids is 2. The summed E-state index contributed by atoms with van der Waals surface area (Å²) in [5, 5.41) is 47.1. The van der Waals surface area contributed by atoms with Crippen molar-refractivity contribution in [3.63, 3.8) is 0 Å². The number of carbonyl (C=O) groups excluding carboxylic acids is 6. The molecule has 16 heteroatoms. The number of urea groups is 2. The molecule has 9 rings (SSSR count). The predicted molar refractivity (Wildman–Crippen MR) is 212 cm³/mol. The van der Waals surface area contributed by atoms with Gasteiger partial charge in [0.2, 0.25) is 0 Å². The average Bonchev–Trinajstić information content (AvgIpc) is 3.22. The van der Waals surface area contributed by atoms with Crippen LogP contribution in [0.1, 0.15) is 52.6 Å². The number of aromatic hydroxyl groups is 2. The zero-order valence-corrected chi connectivity index (χ0v) is 30.8. The number of aliphatic carboxylic acids is 2. The molecule has 60 heavy (non-hydrogen) atoms. The number of carbonyl (C=O) groups is 8. The maximum absolute atomic E-state index is 14.0. The number of fused-ring (bicyclic) bond motifs is 2. The van der Waals surface area contributed by atoms with E-state index >= 15 is 0 Å². The van der Waals surface area contributed by atoms with Crippen molar-refractivity contribution in [2.24, 2.45) is 0 Å². The first-order valence-electron chi connectivity index (χ1n) is 18.3. The van der Waals surface area contributed by atoms with Crippen LogP contribution in [0.15, 0.2) is 97.1 Å². The van der Waals surface area contributed by atoms with Crippen molar-refractivity contribution < 1.29 is 58.8 Å². The van der Waals surface area contributed by atoms with Gasteiger partial charge in [0.25, 0.3) is 23.6 Å². The molecule has 296 valence electrons. The van der Waals surface area contributed by atoms with Gasteiger partial charge in [-0.15, -0.1) is 0 Å². The molecule has 0 saturated carbocycles. The Hall–Kier alpha value is -8.40. The van der Waals surface area contributed by atoms with E-state index in [9.17, 15) is 58.8 Å². The third-order valence-electron chi connectivity index (χ3n) is 11.0. The molecule has 0 bridgehead atoms. The van der Waals surface area contributed by atoms with Crippen LogP contribution in [0.25, 0.3) is 43.1 Å². The summed E-state index contributed by atoms with van der Waals surface area (Å²) < 4.78 is 0. The van der Waals surface area contributed by atoms with Crippen LogP contribution in [0.2, 0.25) is 0 Å². The van der Waals surface area contributed by atoms with Crippen LogP contribution in [0.5, 0.6) is 11.5 Å². The number of carboxylic acid groups (broad SMARTS) is 2. The molecule has 8 amide bonds. The molecule has 0 saturated heterocycles. The number of benzene rings is 7. The number of nitrogens with one attached hydrogen (secondary N) is 2. The van der Waals surface area contributed by atoms with Crippen molar-refractivity contribution in [3.8, 4) is 11.5 Å². The topological polar surface area (TPSA) is 248 Å². The fraction of sp³-hybridized carbons (Fsp3) is 0.0909. The van der Waals surface area contributed by atoms with Crippen molar-refractivity contribution in [2.45, 2.75) is 24.9 Å². The average molecular weight is 805 g/mol. The predicted octanol–water partition coefficient (Wildman–Crippen LogP) is 5.15. The number of hydrogen-bond acceptors (Lipinski definition) is 10. The molecule has 2 aliphatic heterocycles. The summed E-state index contributed by atoms with van der Waals surface area (Å²) >= 11 is 0. The molecule has 2 unspecified atom stereocenters. The van der Waals surface area contributed by atoms with Crippen molar-refractivity contribution in [3.05, 3.63) is 130 Å². The number of hydrogen-bond donors (Lipinski definition) is 6. The van der Waals surface area contributed by atoms with Crippen molar-refractivity contribution in [2.75, 3.05) is 0 Å². The number of imide groups is 6. The molecule has 7 aromatic carbocycles. The summed E-state index contributed by atoms with van der Waals surface area (Å²) in [5.41, 5.74) is 0.915. The molecular weight excluding hydrogens is 777 g/mol. The molecule has 2 aliphatic rings. The molecule has 16 nitrogen and oxygen atoms in total. The Morgan fingerprint density at radius 3 is 0.983 bits per heavy atom. The Morgan fingerprint density at radius 1 is 0.433 bits per heavy atom. The number of phenolic OH excluding ortho intramolecular Hbond substituents is 2. The van der Waals surface area contributed by atoms with E-state index in [-0.39, 0.29) is 57.4 Å². The van der Waals surface area contributed by atoms with Crippen molar-refractivity contribution in [1.29, 1.82) is 0 Å². The van der Waals surface area contributed by atoms with E-state index in [1.54, 1.807) is 24.3 Å². The monoisotopic (exact) mass is 804 g/mol. The lowest BCUT2D eigenvalue weighted by atomic mass is 9.82. The van der Waals surface area contributed by atoms with Gasteiger partial charge in [0, 0.05) is 45.9 Å². The minimum absolute atomic E-state index is 0.00287. The molecule has 6 N–H and O–H groups in total. The third kappa shape index (κ3) is 5.68. The van der Waals surface area contributed by atoms with Gasteiger partial charge in [-0.3, -0.25) is 19.2 Å². The maximum atomic E-state index is 14.0. The van der Waals surface area contributed by atoms with Gasteiger partial charge in [0.15, 0.2) is 0 Å². The highest BCUT2D eigenvalue weighted by molar-refractivity contribution is 6.43. The first-order chi connectivity index (χ1) is 28.7. The minimum Gasteiger partial charge on any atom is -0.508 e. The molecule has 2 heterocycles. The summed E-state index contributed by atoms with van der Waals surface area (Å²) in [5.74, 6) is -6.86. The van der Waals surface area contributed by atoms with Crippen LogP contribution >= 0.6 is 0 Å². The van der Waals surface area contributed by atoms with Gasteiger partial charge in [-0.2, -0.15) is 9.80 Å². The van der Waals surface area contributed by atoms with Gasteiger partial charge in [-0.25, -0.2) is 19.2 Å². The molecule has 0 spiro atoms. The van der Waals surface area contributed by atoms with Crippen LogP contribution < -0.4 is 10.6 Å². The van der Waals surface area contributed by atoms with E-state index in [0.29, 0.717) is 53.2 Å². The van der Waals surface area contributed by atoms with E-state index < -0.39 is 59.7 Å². The number of rotatable bonds is 8. The number of nitrogens with zero attached hydrogens (tertiary/aromatic N) is 2. The Bertz CT molecular complexity index is 2780. The number of phenols is 2. The summed E-state index contributed by atoms with van der Waals surface area (Å²) in [6.45, 7) is 0. The van der Waals surface area contributed by atoms with Gasteiger partial charge < -0.3 is 31.1 Å². The Kier molecular flexibility index (Phi) is 8.44. The van der Waals surface area contributed by atoms with Gasteiger partial charge in [0.05, 0.1) is 0 Å². The maximum Gasteiger partial charge on any atom is 0.332 e. The van der Waals surface area contributed by atoms with Crippen LogP contribution in [-0.4, -0.2) is 89.9 Å². The van der Waals surface area contributed by atoms with Gasteiger partial charge in [-0.05, 0) is 92.0 Å². The van der Waals surface area contributed by atoms with Gasteiger partial charge in [-0.1, -0.05) is 48.5 Å². The van der Waals surface area contributed by atoms with Crippen LogP contribution in [0.3, 0.4) is 0 Å². The highest BCUT2D eigenvalue weighted by Crippen LogP contribution is 2.46. The summed E-state index contributed by atoms with van der Waals surface area (Å²) in [7, 11) is 0. The van der Waals surface area contributed by atoms with E-state index in [1.807, 2.05) is 0 Å². The first kappa shape index (κ1) is 37.2. The Labute approximate surface area is 336 Å². The van der Waals surface area contributed by atoms with E-state index in [0.717, 1.165) is 0 Å². The quantitative estimate of drug-likeness (QED) is 0.0663. The zero-order valence-electron chi connectivity index (χ0n) is 30.8. The first-order valence-corrected chi connectivity index (χ1v) is 18.3. The third-order valence-corrected chi connectivity index (χ3v) is 11.0. The second-order valence-electron chi connectivity index (χ2n) is 14.5. The Morgan fingerprint density at radius 2 is 0.717 bits per heavy atom. The molecule has 2 atom stereocenters. The molecule has 0 aliphatic carbocycles. The molecular formula is C44H28N4O12. The minimum atomic E-state index is -1.53. The standard InChI is InChI=1S/C44H28N4O12/c49-21-5-1-19(2-6-21)17-31(41(55)56)45-43(59)47-37(51)27-13-9-23-25-11-15-29-36-30(16-12-26(34(25)36)24-10-14-28(38(47)52)35(27)33(23)24)40(54)48(39(29)53)44(60)46-32(42(57)58)18-20-3-7-22(50)8-4-20/h1-16,31-32,49-50H,17-18H2,(H,45,59)(H,46,60)(H,55,56)(H,57,58). The molecule has 0 aromatic heterocycles. The zero-order chi connectivity index (χ0) is 42.3. The number of amides is 8. The van der Waals surface area contributed by atoms with Crippen molar-refractivity contribution >= 4 is 90.7 Å². The molecule has 0 radical (unpaired) electrons. The summed E-state index contributed by atoms with van der Waals surface area (Å²) in [4.78, 5) is 108. The van der Waals surface area contributed by atoms with E-state index in [2.05, 4.69) is 10.6 Å². The summed E-state index contributed by atoms with van der Waals surface area (Å²) in [6.07, 6.45) is -0.416. The summed E-state index contributed by atoms with van der Waals surface area (Å²) in [6, 6.07) is 17.9. The second kappa shape index (κ2) is 13.6. The Balaban J connectivity index is 1.07. The smallest absolute Gasteiger partial charge is 0.332 e. The lowest BCUT2D eigenvalue weighted by Gasteiger charge is -2.29. The highest BCUT2D eigenvalue weighted by atomic mass is 16.4. The molecule has 7 aromatic rings. The van der Waals surface area contributed by atoms with Crippen LogP contribution in [0, 0.1) is 0 Å². The van der Waals surface area contributed by atoms with Crippen LogP contribution in [0.4, 0.5) is 9.59 Å². The van der Waals surface area contributed by atoms with Crippen molar-refractivity contribution in [1.82, 2.24) is 20.4 Å². The fourth-order valence-electron chi connectivity index (χ4n) is 8.20. The normalized spacial score (nSPS) is 14.6. The van der Waals surface area contributed by atoms with Crippen LogP contribution in [-0.2, 0) is 22.4 Å². The second-order valence-corrected chi connectivity index (χ2v) is 14.5. The fourth-order valence-corrected chi connectivity index (χ4v) is 8.20. The highest BCUT2D eigenvalue weighted by Gasteiger charge is 2.42.